The van der Waals surface area contributed by atoms with E-state index in [1.807, 2.05) is 11.0 Å². The predicted octanol–water partition coefficient (Wildman–Crippen LogP) is 4.57. The number of hydrogen-bond donors (Lipinski definition) is 2. The van der Waals surface area contributed by atoms with Crippen molar-refractivity contribution in [2.24, 2.45) is 0 Å². The molecule has 3 rings (SSSR count). The first kappa shape index (κ1) is 22.7. The first-order valence-corrected chi connectivity index (χ1v) is 10.7. The third-order valence-corrected chi connectivity index (χ3v) is 5.54. The fraction of sp³-hybridized carbons (Fsp3) is 0.409. The molecule has 2 aromatic rings. The molecule has 0 radical (unpaired) electrons. The van der Waals surface area contributed by atoms with E-state index >= 15 is 0 Å². The minimum absolute atomic E-state index is 0.129. The number of amides is 1. The maximum Gasteiger partial charge on any atom is 0.220 e. The number of halogens is 3. The Balaban J connectivity index is 1.39. The van der Waals surface area contributed by atoms with Gasteiger partial charge in [0, 0.05) is 31.1 Å². The van der Waals surface area contributed by atoms with Gasteiger partial charge in [0.1, 0.15) is 11.6 Å². The van der Waals surface area contributed by atoms with E-state index in [4.69, 9.17) is 27.9 Å². The molecule has 5 nitrogen and oxygen atoms in total. The average Bonchev–Trinajstić information content (AvgIpc) is 2.72. The fourth-order valence-electron chi connectivity index (χ4n) is 3.32. The van der Waals surface area contributed by atoms with Crippen LogP contribution in [0.2, 0.25) is 10.0 Å². The van der Waals surface area contributed by atoms with Gasteiger partial charge in [0.15, 0.2) is 0 Å². The number of aliphatic hydroxyl groups is 1. The topological polar surface area (TPSA) is 61.8 Å². The largest absolute Gasteiger partial charge is 0.492 e. The van der Waals surface area contributed by atoms with Gasteiger partial charge in [-0.05, 0) is 55.2 Å². The van der Waals surface area contributed by atoms with E-state index in [2.05, 4.69) is 5.32 Å². The van der Waals surface area contributed by atoms with Gasteiger partial charge in [0.2, 0.25) is 5.91 Å². The van der Waals surface area contributed by atoms with Crippen molar-refractivity contribution in [1.29, 1.82) is 0 Å². The van der Waals surface area contributed by atoms with Crippen molar-refractivity contribution in [3.05, 3.63) is 57.8 Å². The first-order chi connectivity index (χ1) is 14.4. The third-order valence-electron chi connectivity index (χ3n) is 5.01. The second-order valence-electron chi connectivity index (χ2n) is 7.31. The normalized spacial score (nSPS) is 14.6. The van der Waals surface area contributed by atoms with Gasteiger partial charge in [-0.2, -0.15) is 0 Å². The van der Waals surface area contributed by atoms with Crippen molar-refractivity contribution in [2.75, 3.05) is 24.6 Å². The van der Waals surface area contributed by atoms with Gasteiger partial charge in [0.05, 0.1) is 23.4 Å². The van der Waals surface area contributed by atoms with Gasteiger partial charge < -0.3 is 20.1 Å². The number of ether oxygens (including phenoxy) is 1. The third kappa shape index (κ3) is 6.49. The number of anilines is 1. The van der Waals surface area contributed by atoms with Gasteiger partial charge in [-0.3, -0.25) is 4.79 Å². The number of piperidine rings is 1. The number of aliphatic hydroxyl groups excluding tert-OH is 1. The van der Waals surface area contributed by atoms with Crippen LogP contribution in [0.5, 0.6) is 5.75 Å². The highest BCUT2D eigenvalue weighted by Gasteiger charge is 2.19. The van der Waals surface area contributed by atoms with E-state index in [-0.39, 0.29) is 24.4 Å². The second-order valence-corrected chi connectivity index (χ2v) is 8.15. The van der Waals surface area contributed by atoms with Crippen molar-refractivity contribution in [3.63, 3.8) is 0 Å². The summed E-state index contributed by atoms with van der Waals surface area (Å²) in [6, 6.07) is 9.98. The molecule has 0 atom stereocenters. The minimum atomic E-state index is -0.314. The van der Waals surface area contributed by atoms with Gasteiger partial charge >= 0.3 is 0 Å². The van der Waals surface area contributed by atoms with Crippen molar-refractivity contribution in [3.8, 4) is 5.75 Å². The molecule has 1 fully saturated rings. The molecule has 162 valence electrons. The number of hydrogen-bond acceptors (Lipinski definition) is 4. The molecule has 1 amide bonds. The fourth-order valence-corrected chi connectivity index (χ4v) is 3.78. The summed E-state index contributed by atoms with van der Waals surface area (Å²) in [6.45, 7) is 1.89. The number of benzene rings is 2. The quantitative estimate of drug-likeness (QED) is 0.573. The molecule has 0 bridgehead atoms. The van der Waals surface area contributed by atoms with E-state index < -0.39 is 0 Å². The van der Waals surface area contributed by atoms with Crippen molar-refractivity contribution >= 4 is 34.8 Å². The molecule has 2 aromatic carbocycles. The Labute approximate surface area is 185 Å². The summed E-state index contributed by atoms with van der Waals surface area (Å²) < 4.78 is 20.0. The summed E-state index contributed by atoms with van der Waals surface area (Å²) in [4.78, 5) is 14.0. The van der Waals surface area contributed by atoms with Crippen LogP contribution in [0.1, 0.15) is 31.2 Å². The SMILES string of the molecule is O=C(CCCOc1ccc(Cl)cc1Cl)NCc1ccc(N2CCC(O)CC2)c(F)c1. The lowest BCUT2D eigenvalue weighted by Gasteiger charge is -2.31. The smallest absolute Gasteiger partial charge is 0.220 e. The van der Waals surface area contributed by atoms with Crippen LogP contribution in [0, 0.1) is 5.82 Å². The summed E-state index contributed by atoms with van der Waals surface area (Å²) in [5, 5.41) is 13.3. The Morgan fingerprint density at radius 3 is 2.67 bits per heavy atom. The molecule has 30 heavy (non-hydrogen) atoms. The molecule has 1 aliphatic rings. The number of carbonyl (C=O) groups is 1. The molecule has 2 N–H and O–H groups in total. The van der Waals surface area contributed by atoms with Crippen molar-refractivity contribution in [2.45, 2.75) is 38.3 Å². The number of rotatable bonds is 8. The molecular weight excluding hydrogens is 430 g/mol. The summed E-state index contributed by atoms with van der Waals surface area (Å²) in [5.41, 5.74) is 1.24. The Morgan fingerprint density at radius 2 is 1.97 bits per heavy atom. The maximum atomic E-state index is 14.5. The Hall–Kier alpha value is -2.02. The van der Waals surface area contributed by atoms with Crippen LogP contribution in [-0.2, 0) is 11.3 Å². The molecule has 0 saturated carbocycles. The highest BCUT2D eigenvalue weighted by molar-refractivity contribution is 6.35. The molecule has 0 unspecified atom stereocenters. The Kier molecular flexibility index (Phi) is 8.19. The molecule has 0 aromatic heterocycles. The summed E-state index contributed by atoms with van der Waals surface area (Å²) >= 11 is 11.9. The monoisotopic (exact) mass is 454 g/mol. The number of carbonyl (C=O) groups excluding carboxylic acids is 1. The predicted molar refractivity (Wildman–Crippen MR) is 117 cm³/mol. The summed E-state index contributed by atoms with van der Waals surface area (Å²) in [7, 11) is 0. The molecule has 1 heterocycles. The van der Waals surface area contributed by atoms with Gasteiger partial charge in [-0.25, -0.2) is 4.39 Å². The summed E-state index contributed by atoms with van der Waals surface area (Å²) in [6.07, 6.45) is 1.81. The highest BCUT2D eigenvalue weighted by atomic mass is 35.5. The molecule has 1 aliphatic heterocycles. The number of nitrogens with one attached hydrogen (secondary N) is 1. The lowest BCUT2D eigenvalue weighted by atomic mass is 10.1. The molecule has 0 aliphatic carbocycles. The van der Waals surface area contributed by atoms with Crippen LogP contribution >= 0.6 is 23.2 Å². The zero-order chi connectivity index (χ0) is 21.5. The van der Waals surface area contributed by atoms with E-state index in [0.717, 1.165) is 0 Å². The Morgan fingerprint density at radius 1 is 1.20 bits per heavy atom. The first-order valence-electron chi connectivity index (χ1n) is 9.98. The van der Waals surface area contributed by atoms with Crippen LogP contribution < -0.4 is 15.0 Å². The van der Waals surface area contributed by atoms with E-state index in [1.54, 1.807) is 24.3 Å². The zero-order valence-corrected chi connectivity index (χ0v) is 18.1. The van der Waals surface area contributed by atoms with Crippen molar-refractivity contribution in [1.82, 2.24) is 5.32 Å². The Bertz CT molecular complexity index is 873. The van der Waals surface area contributed by atoms with E-state index in [9.17, 15) is 14.3 Å². The summed E-state index contributed by atoms with van der Waals surface area (Å²) in [5.74, 6) is 0.0851. The van der Waals surface area contributed by atoms with E-state index in [0.29, 0.717) is 72.4 Å². The van der Waals surface area contributed by atoms with Crippen LogP contribution in [0.4, 0.5) is 10.1 Å². The highest BCUT2D eigenvalue weighted by Crippen LogP contribution is 2.27. The lowest BCUT2D eigenvalue weighted by Crippen LogP contribution is -2.36. The van der Waals surface area contributed by atoms with Crippen LogP contribution in [0.3, 0.4) is 0 Å². The van der Waals surface area contributed by atoms with Crippen molar-refractivity contribution < 1.29 is 19.0 Å². The molecular formula is C22H25Cl2FN2O3. The van der Waals surface area contributed by atoms with E-state index in [1.165, 1.54) is 6.07 Å². The second kappa shape index (κ2) is 10.8. The number of nitrogens with zero attached hydrogens (tertiary/aromatic N) is 1. The van der Waals surface area contributed by atoms with Gasteiger partial charge in [-0.1, -0.05) is 29.3 Å². The molecule has 0 spiro atoms. The van der Waals surface area contributed by atoms with Gasteiger partial charge in [0.25, 0.3) is 0 Å². The molecule has 1 saturated heterocycles. The standard InChI is InChI=1S/C22H25Cl2FN2O3/c23-16-4-6-21(18(24)13-16)30-11-1-2-22(29)26-14-15-3-5-20(19(25)12-15)27-9-7-17(28)8-10-27/h3-6,12-13,17,28H,1-2,7-11,14H2,(H,26,29). The van der Waals surface area contributed by atoms with Crippen LogP contribution in [-0.4, -0.2) is 36.8 Å². The lowest BCUT2D eigenvalue weighted by molar-refractivity contribution is -0.121. The van der Waals surface area contributed by atoms with Gasteiger partial charge in [-0.15, -0.1) is 0 Å². The zero-order valence-electron chi connectivity index (χ0n) is 16.5. The van der Waals surface area contributed by atoms with Crippen LogP contribution in [0.25, 0.3) is 0 Å². The average molecular weight is 455 g/mol. The van der Waals surface area contributed by atoms with Crippen LogP contribution in [0.15, 0.2) is 36.4 Å². The molecule has 8 heteroatoms. The maximum absolute atomic E-state index is 14.5. The minimum Gasteiger partial charge on any atom is -0.492 e.